The third kappa shape index (κ3) is 2.47. The van der Waals surface area contributed by atoms with Crippen LogP contribution in [0.25, 0.3) is 0 Å². The second-order valence-corrected chi connectivity index (χ2v) is 3.00. The van der Waals surface area contributed by atoms with Crippen molar-refractivity contribution in [1.82, 2.24) is 0 Å². The largest absolute Gasteiger partial charge is 0.496 e. The fourth-order valence-electron chi connectivity index (χ4n) is 1.49. The van der Waals surface area contributed by atoms with E-state index in [4.69, 9.17) is 14.6 Å². The second-order valence-electron chi connectivity index (χ2n) is 3.00. The number of benzene rings is 1. The standard InChI is InChI=1S/C11H16O3/c1-13-8-9-4-3-5-11(14-2)10(9)6-7-12/h3-5,12H,6-8H2,1-2H3. The summed E-state index contributed by atoms with van der Waals surface area (Å²) in [5.74, 6) is 0.814. The first-order valence-corrected chi connectivity index (χ1v) is 4.58. The van der Waals surface area contributed by atoms with Gasteiger partial charge in [0.15, 0.2) is 0 Å². The van der Waals surface area contributed by atoms with E-state index in [1.165, 1.54) is 0 Å². The van der Waals surface area contributed by atoms with Gasteiger partial charge in [-0.2, -0.15) is 0 Å². The van der Waals surface area contributed by atoms with Gasteiger partial charge < -0.3 is 14.6 Å². The van der Waals surface area contributed by atoms with Crippen molar-refractivity contribution in [2.24, 2.45) is 0 Å². The number of hydrogen-bond acceptors (Lipinski definition) is 3. The summed E-state index contributed by atoms with van der Waals surface area (Å²) in [5, 5.41) is 8.94. The summed E-state index contributed by atoms with van der Waals surface area (Å²) in [6, 6.07) is 5.80. The summed E-state index contributed by atoms with van der Waals surface area (Å²) in [7, 11) is 3.29. The summed E-state index contributed by atoms with van der Waals surface area (Å²) in [5.41, 5.74) is 2.10. The van der Waals surface area contributed by atoms with Gasteiger partial charge in [-0.25, -0.2) is 0 Å². The van der Waals surface area contributed by atoms with E-state index in [1.807, 2.05) is 18.2 Å². The molecule has 1 rings (SSSR count). The molecule has 0 saturated carbocycles. The molecule has 1 aromatic rings. The van der Waals surface area contributed by atoms with Crippen LogP contribution in [0.5, 0.6) is 5.75 Å². The Bertz CT molecular complexity index is 284. The van der Waals surface area contributed by atoms with Gasteiger partial charge in [-0.15, -0.1) is 0 Å². The van der Waals surface area contributed by atoms with Crippen molar-refractivity contribution < 1.29 is 14.6 Å². The SMILES string of the molecule is COCc1cccc(OC)c1CCO. The molecule has 78 valence electrons. The Labute approximate surface area is 84.3 Å². The molecule has 0 fully saturated rings. The van der Waals surface area contributed by atoms with E-state index in [1.54, 1.807) is 14.2 Å². The molecule has 0 radical (unpaired) electrons. The van der Waals surface area contributed by atoms with E-state index in [0.29, 0.717) is 13.0 Å². The van der Waals surface area contributed by atoms with E-state index < -0.39 is 0 Å². The predicted molar refractivity (Wildman–Crippen MR) is 54.5 cm³/mol. The molecule has 0 unspecified atom stereocenters. The van der Waals surface area contributed by atoms with Gasteiger partial charge in [-0.05, 0) is 18.1 Å². The molecule has 0 aromatic heterocycles. The van der Waals surface area contributed by atoms with Crippen molar-refractivity contribution in [1.29, 1.82) is 0 Å². The van der Waals surface area contributed by atoms with E-state index in [2.05, 4.69) is 0 Å². The van der Waals surface area contributed by atoms with Crippen LogP contribution >= 0.6 is 0 Å². The topological polar surface area (TPSA) is 38.7 Å². The molecule has 0 aliphatic rings. The lowest BCUT2D eigenvalue weighted by Crippen LogP contribution is -2.02. The molecule has 0 aliphatic carbocycles. The average Bonchev–Trinajstić information content (AvgIpc) is 2.21. The average molecular weight is 196 g/mol. The van der Waals surface area contributed by atoms with Gasteiger partial charge in [0.25, 0.3) is 0 Å². The highest BCUT2D eigenvalue weighted by Crippen LogP contribution is 2.23. The van der Waals surface area contributed by atoms with E-state index in [-0.39, 0.29) is 6.61 Å². The number of aliphatic hydroxyl groups is 1. The zero-order valence-electron chi connectivity index (χ0n) is 8.62. The molecule has 0 amide bonds. The molecule has 0 spiro atoms. The number of aliphatic hydroxyl groups excluding tert-OH is 1. The Morgan fingerprint density at radius 2 is 2.07 bits per heavy atom. The van der Waals surface area contributed by atoms with Crippen LogP contribution in [0.3, 0.4) is 0 Å². The van der Waals surface area contributed by atoms with Gasteiger partial charge in [-0.3, -0.25) is 0 Å². The van der Waals surface area contributed by atoms with E-state index in [0.717, 1.165) is 16.9 Å². The lowest BCUT2D eigenvalue weighted by Gasteiger charge is -2.12. The van der Waals surface area contributed by atoms with Crippen LogP contribution in [-0.4, -0.2) is 25.9 Å². The molecule has 0 aliphatic heterocycles. The van der Waals surface area contributed by atoms with Crippen LogP contribution in [0.4, 0.5) is 0 Å². The zero-order valence-corrected chi connectivity index (χ0v) is 8.62. The van der Waals surface area contributed by atoms with Crippen molar-refractivity contribution in [2.45, 2.75) is 13.0 Å². The molecule has 1 N–H and O–H groups in total. The molecule has 0 atom stereocenters. The van der Waals surface area contributed by atoms with Gasteiger partial charge >= 0.3 is 0 Å². The highest BCUT2D eigenvalue weighted by atomic mass is 16.5. The highest BCUT2D eigenvalue weighted by Gasteiger charge is 2.07. The zero-order chi connectivity index (χ0) is 10.4. The maximum absolute atomic E-state index is 8.94. The fraction of sp³-hybridized carbons (Fsp3) is 0.455. The third-order valence-electron chi connectivity index (χ3n) is 2.11. The smallest absolute Gasteiger partial charge is 0.122 e. The van der Waals surface area contributed by atoms with Crippen molar-refractivity contribution in [2.75, 3.05) is 20.8 Å². The minimum absolute atomic E-state index is 0.122. The molecule has 0 heterocycles. The number of rotatable bonds is 5. The van der Waals surface area contributed by atoms with E-state index >= 15 is 0 Å². The van der Waals surface area contributed by atoms with Crippen molar-refractivity contribution in [3.8, 4) is 5.75 Å². The maximum atomic E-state index is 8.94. The van der Waals surface area contributed by atoms with Crippen molar-refractivity contribution >= 4 is 0 Å². The number of hydrogen-bond donors (Lipinski definition) is 1. The minimum atomic E-state index is 0.122. The molecule has 0 bridgehead atoms. The lowest BCUT2D eigenvalue weighted by atomic mass is 10.0. The van der Waals surface area contributed by atoms with Gasteiger partial charge in [-0.1, -0.05) is 12.1 Å². The first-order valence-electron chi connectivity index (χ1n) is 4.58. The van der Waals surface area contributed by atoms with Crippen LogP contribution in [0.1, 0.15) is 11.1 Å². The van der Waals surface area contributed by atoms with Crippen LogP contribution in [-0.2, 0) is 17.8 Å². The normalized spacial score (nSPS) is 10.2. The molecule has 1 aromatic carbocycles. The Morgan fingerprint density at radius 3 is 2.64 bits per heavy atom. The summed E-state index contributed by atoms with van der Waals surface area (Å²) >= 11 is 0. The number of ether oxygens (including phenoxy) is 2. The monoisotopic (exact) mass is 196 g/mol. The summed E-state index contributed by atoms with van der Waals surface area (Å²) in [6.07, 6.45) is 0.600. The summed E-state index contributed by atoms with van der Waals surface area (Å²) in [6.45, 7) is 0.670. The Balaban J connectivity index is 3.00. The lowest BCUT2D eigenvalue weighted by molar-refractivity contribution is 0.183. The van der Waals surface area contributed by atoms with Crippen LogP contribution < -0.4 is 4.74 Å². The molecule has 3 nitrogen and oxygen atoms in total. The molecule has 3 heteroatoms. The van der Waals surface area contributed by atoms with Crippen LogP contribution in [0, 0.1) is 0 Å². The van der Waals surface area contributed by atoms with Crippen molar-refractivity contribution in [3.63, 3.8) is 0 Å². The molecular weight excluding hydrogens is 180 g/mol. The van der Waals surface area contributed by atoms with Crippen LogP contribution in [0.15, 0.2) is 18.2 Å². The number of methoxy groups -OCH3 is 2. The second kappa shape index (κ2) is 5.62. The van der Waals surface area contributed by atoms with Gasteiger partial charge in [0.2, 0.25) is 0 Å². The first-order chi connectivity index (χ1) is 6.83. The third-order valence-corrected chi connectivity index (χ3v) is 2.11. The van der Waals surface area contributed by atoms with Gasteiger partial charge in [0, 0.05) is 19.3 Å². The van der Waals surface area contributed by atoms with Crippen LogP contribution in [0.2, 0.25) is 0 Å². The molecule has 0 saturated heterocycles. The van der Waals surface area contributed by atoms with Gasteiger partial charge in [0.05, 0.1) is 13.7 Å². The maximum Gasteiger partial charge on any atom is 0.122 e. The van der Waals surface area contributed by atoms with Crippen molar-refractivity contribution in [3.05, 3.63) is 29.3 Å². The Hall–Kier alpha value is -1.06. The summed E-state index contributed by atoms with van der Waals surface area (Å²) < 4.78 is 10.3. The first kappa shape index (κ1) is 11.0. The fourth-order valence-corrected chi connectivity index (χ4v) is 1.49. The summed E-state index contributed by atoms with van der Waals surface area (Å²) in [4.78, 5) is 0. The van der Waals surface area contributed by atoms with Gasteiger partial charge in [0.1, 0.15) is 5.75 Å². The molecular formula is C11H16O3. The minimum Gasteiger partial charge on any atom is -0.496 e. The highest BCUT2D eigenvalue weighted by molar-refractivity contribution is 5.40. The predicted octanol–water partition coefficient (Wildman–Crippen LogP) is 1.38. The quantitative estimate of drug-likeness (QED) is 0.773. The Kier molecular flexibility index (Phi) is 4.43. The Morgan fingerprint density at radius 1 is 1.29 bits per heavy atom. The van der Waals surface area contributed by atoms with E-state index in [9.17, 15) is 0 Å². The molecule has 14 heavy (non-hydrogen) atoms.